The van der Waals surface area contributed by atoms with Crippen molar-refractivity contribution in [1.29, 1.82) is 0 Å². The Hall–Kier alpha value is -0.940. The number of carbonyl (C=O) groups is 1. The zero-order valence-electron chi connectivity index (χ0n) is 11.6. The number of piperidine rings is 1. The predicted octanol–water partition coefficient (Wildman–Crippen LogP) is 2.64. The molecule has 2 rings (SSSR count). The molecule has 1 fully saturated rings. The van der Waals surface area contributed by atoms with Gasteiger partial charge in [0.25, 0.3) is 5.91 Å². The summed E-state index contributed by atoms with van der Waals surface area (Å²) in [6.07, 6.45) is 4.42. The number of hydrogen-bond acceptors (Lipinski definition) is 4. The summed E-state index contributed by atoms with van der Waals surface area (Å²) in [7, 11) is 1.61. The second-order valence-electron chi connectivity index (χ2n) is 4.91. The molecule has 2 heterocycles. The molecule has 0 radical (unpaired) electrons. The van der Waals surface area contributed by atoms with Crippen molar-refractivity contribution < 1.29 is 13.9 Å². The molecular weight excluding hydrogens is 262 g/mol. The summed E-state index contributed by atoms with van der Waals surface area (Å²) in [5.41, 5.74) is 0. The summed E-state index contributed by atoms with van der Waals surface area (Å²) in [6, 6.07) is 3.55. The van der Waals surface area contributed by atoms with Crippen molar-refractivity contribution in [2.75, 3.05) is 32.2 Å². The van der Waals surface area contributed by atoms with Crippen LogP contribution < -0.4 is 0 Å². The van der Waals surface area contributed by atoms with Crippen molar-refractivity contribution in [3.05, 3.63) is 23.7 Å². The van der Waals surface area contributed by atoms with Crippen molar-refractivity contribution in [2.45, 2.75) is 19.4 Å². The maximum Gasteiger partial charge on any atom is 0.289 e. The third-order valence-corrected chi connectivity index (χ3v) is 4.17. The third kappa shape index (κ3) is 3.76. The Morgan fingerprint density at radius 3 is 3.16 bits per heavy atom. The molecule has 0 bridgehead atoms. The molecule has 1 aliphatic rings. The van der Waals surface area contributed by atoms with E-state index >= 15 is 0 Å². The Morgan fingerprint density at radius 1 is 1.58 bits per heavy atom. The van der Waals surface area contributed by atoms with Crippen molar-refractivity contribution in [3.8, 4) is 0 Å². The highest BCUT2D eigenvalue weighted by atomic mass is 32.2. The lowest BCUT2D eigenvalue weighted by Gasteiger charge is -2.31. The maximum atomic E-state index is 12.4. The van der Waals surface area contributed by atoms with Crippen LogP contribution in [0.15, 0.2) is 16.5 Å². The first kappa shape index (κ1) is 14.5. The molecule has 1 atom stereocenters. The molecule has 1 aromatic heterocycles. The lowest BCUT2D eigenvalue weighted by molar-refractivity contribution is 0.0646. The number of ether oxygens (including phenoxy) is 1. The smallest absolute Gasteiger partial charge is 0.289 e. The van der Waals surface area contributed by atoms with Gasteiger partial charge < -0.3 is 14.1 Å². The van der Waals surface area contributed by atoms with Gasteiger partial charge in [0.1, 0.15) is 12.4 Å². The van der Waals surface area contributed by atoms with Crippen LogP contribution >= 0.6 is 11.8 Å². The lowest BCUT2D eigenvalue weighted by Crippen LogP contribution is -2.40. The molecule has 1 aromatic rings. The van der Waals surface area contributed by atoms with E-state index < -0.39 is 0 Å². The number of likely N-dealkylation sites (tertiary alicyclic amines) is 1. The van der Waals surface area contributed by atoms with Crippen LogP contribution in [0.5, 0.6) is 0 Å². The van der Waals surface area contributed by atoms with Gasteiger partial charge in [0.15, 0.2) is 5.76 Å². The zero-order chi connectivity index (χ0) is 13.7. The molecule has 0 spiro atoms. The average molecular weight is 283 g/mol. The topological polar surface area (TPSA) is 42.7 Å². The molecule has 1 aliphatic heterocycles. The van der Waals surface area contributed by atoms with E-state index in [9.17, 15) is 4.79 Å². The van der Waals surface area contributed by atoms with E-state index in [1.807, 2.05) is 16.7 Å². The van der Waals surface area contributed by atoms with E-state index in [1.54, 1.807) is 19.2 Å². The van der Waals surface area contributed by atoms with E-state index in [0.29, 0.717) is 24.0 Å². The largest absolute Gasteiger partial charge is 0.453 e. The molecule has 0 N–H and O–H groups in total. The summed E-state index contributed by atoms with van der Waals surface area (Å²) in [6.45, 7) is 2.09. The molecule has 5 heteroatoms. The Labute approximate surface area is 118 Å². The van der Waals surface area contributed by atoms with E-state index in [0.717, 1.165) is 25.3 Å². The van der Waals surface area contributed by atoms with Gasteiger partial charge in [-0.05, 0) is 42.9 Å². The summed E-state index contributed by atoms with van der Waals surface area (Å²) < 4.78 is 10.5. The minimum absolute atomic E-state index is 0.00755. The SMILES string of the molecule is COCc1ccc(C(=O)N2CCC[C@H](CSC)C2)o1. The number of methoxy groups -OCH3 is 1. The number of rotatable bonds is 5. The van der Waals surface area contributed by atoms with Crippen LogP contribution in [0.3, 0.4) is 0 Å². The summed E-state index contributed by atoms with van der Waals surface area (Å²) >= 11 is 1.85. The number of nitrogens with zero attached hydrogens (tertiary/aromatic N) is 1. The third-order valence-electron chi connectivity index (χ3n) is 3.37. The molecule has 0 saturated carbocycles. The zero-order valence-corrected chi connectivity index (χ0v) is 12.4. The van der Waals surface area contributed by atoms with Gasteiger partial charge >= 0.3 is 0 Å². The van der Waals surface area contributed by atoms with Crippen molar-refractivity contribution >= 4 is 17.7 Å². The number of amides is 1. The quantitative estimate of drug-likeness (QED) is 0.833. The molecule has 1 saturated heterocycles. The minimum atomic E-state index is 0.00755. The Bertz CT molecular complexity index is 417. The van der Waals surface area contributed by atoms with Crippen molar-refractivity contribution in [3.63, 3.8) is 0 Å². The van der Waals surface area contributed by atoms with Crippen LogP contribution in [0, 0.1) is 5.92 Å². The fourth-order valence-electron chi connectivity index (χ4n) is 2.49. The second kappa shape index (κ2) is 7.01. The fraction of sp³-hybridized carbons (Fsp3) is 0.643. The van der Waals surface area contributed by atoms with Gasteiger partial charge in [-0.3, -0.25) is 4.79 Å². The van der Waals surface area contributed by atoms with Crippen LogP contribution in [-0.4, -0.2) is 43.0 Å². The molecule has 4 nitrogen and oxygen atoms in total. The second-order valence-corrected chi connectivity index (χ2v) is 5.82. The molecule has 1 amide bonds. The molecule has 0 aliphatic carbocycles. The van der Waals surface area contributed by atoms with Gasteiger partial charge in [-0.25, -0.2) is 0 Å². The minimum Gasteiger partial charge on any atom is -0.453 e. The van der Waals surface area contributed by atoms with Gasteiger partial charge in [0.05, 0.1) is 0 Å². The number of furan rings is 1. The standard InChI is InChI=1S/C14H21NO3S/c1-17-9-12-5-6-13(18-12)14(16)15-7-3-4-11(8-15)10-19-2/h5-6,11H,3-4,7-10H2,1-2H3/t11-/m0/s1. The Morgan fingerprint density at radius 2 is 2.42 bits per heavy atom. The molecule has 0 unspecified atom stereocenters. The van der Waals surface area contributed by atoms with Gasteiger partial charge in [0.2, 0.25) is 0 Å². The van der Waals surface area contributed by atoms with Gasteiger partial charge in [-0.2, -0.15) is 11.8 Å². The summed E-state index contributed by atoms with van der Waals surface area (Å²) in [5.74, 6) is 2.87. The highest BCUT2D eigenvalue weighted by Crippen LogP contribution is 2.22. The molecule has 19 heavy (non-hydrogen) atoms. The van der Waals surface area contributed by atoms with E-state index in [2.05, 4.69) is 6.26 Å². The van der Waals surface area contributed by atoms with E-state index in [1.165, 1.54) is 6.42 Å². The summed E-state index contributed by atoms with van der Waals surface area (Å²) in [4.78, 5) is 14.3. The molecule has 0 aromatic carbocycles. The first-order valence-corrected chi connectivity index (χ1v) is 8.00. The van der Waals surface area contributed by atoms with Crippen LogP contribution in [0.25, 0.3) is 0 Å². The first-order valence-electron chi connectivity index (χ1n) is 6.60. The maximum absolute atomic E-state index is 12.4. The van der Waals surface area contributed by atoms with Crippen LogP contribution in [-0.2, 0) is 11.3 Å². The summed E-state index contributed by atoms with van der Waals surface area (Å²) in [5, 5.41) is 0. The fourth-order valence-corrected chi connectivity index (χ4v) is 3.23. The Balaban J connectivity index is 1.97. The highest BCUT2D eigenvalue weighted by Gasteiger charge is 2.25. The lowest BCUT2D eigenvalue weighted by atomic mass is 10.00. The van der Waals surface area contributed by atoms with Crippen LogP contribution in [0.2, 0.25) is 0 Å². The van der Waals surface area contributed by atoms with Crippen molar-refractivity contribution in [1.82, 2.24) is 4.90 Å². The van der Waals surface area contributed by atoms with Gasteiger partial charge in [-0.15, -0.1) is 0 Å². The van der Waals surface area contributed by atoms with Crippen LogP contribution in [0.4, 0.5) is 0 Å². The molecular formula is C14H21NO3S. The van der Waals surface area contributed by atoms with Crippen LogP contribution in [0.1, 0.15) is 29.2 Å². The van der Waals surface area contributed by atoms with Crippen molar-refractivity contribution in [2.24, 2.45) is 5.92 Å². The highest BCUT2D eigenvalue weighted by molar-refractivity contribution is 7.98. The predicted molar refractivity (Wildman–Crippen MR) is 76.4 cm³/mol. The molecule has 106 valence electrons. The normalized spacial score (nSPS) is 19.7. The number of carbonyl (C=O) groups excluding carboxylic acids is 1. The van der Waals surface area contributed by atoms with Gasteiger partial charge in [0, 0.05) is 20.2 Å². The average Bonchev–Trinajstić information content (AvgIpc) is 2.88. The number of thioether (sulfide) groups is 1. The number of hydrogen-bond donors (Lipinski definition) is 0. The van der Waals surface area contributed by atoms with E-state index in [4.69, 9.17) is 9.15 Å². The first-order chi connectivity index (χ1) is 9.24. The Kier molecular flexibility index (Phi) is 5.34. The van der Waals surface area contributed by atoms with Gasteiger partial charge in [-0.1, -0.05) is 0 Å². The monoisotopic (exact) mass is 283 g/mol. The van der Waals surface area contributed by atoms with E-state index in [-0.39, 0.29) is 5.91 Å².